The van der Waals surface area contributed by atoms with Gasteiger partial charge in [0.15, 0.2) is 12.2 Å². The zero-order chi connectivity index (χ0) is 16.3. The maximum atomic E-state index is 12.2. The normalized spacial score (nSPS) is 11.3. The molecule has 22 heavy (non-hydrogen) atoms. The van der Waals surface area contributed by atoms with Gasteiger partial charge in [-0.15, -0.1) is 0 Å². The van der Waals surface area contributed by atoms with Crippen molar-refractivity contribution in [2.24, 2.45) is 0 Å². The lowest BCUT2D eigenvalue weighted by Crippen LogP contribution is -2.25. The highest BCUT2D eigenvalue weighted by Crippen LogP contribution is 2.23. The Morgan fingerprint density at radius 3 is 2.59 bits per heavy atom. The van der Waals surface area contributed by atoms with Crippen LogP contribution in [-0.4, -0.2) is 22.3 Å². The molecule has 0 fully saturated rings. The summed E-state index contributed by atoms with van der Waals surface area (Å²) in [6.45, 7) is 7.10. The van der Waals surface area contributed by atoms with Gasteiger partial charge in [0.1, 0.15) is 23.5 Å². The van der Waals surface area contributed by atoms with Crippen molar-refractivity contribution in [1.82, 2.24) is 4.98 Å². The molecular formula is C17H19NO4. The SMILES string of the molecule is Cc1ocnc1-c1cccc(C(=O)CC(=O)OC(C)(C)C)c1. The summed E-state index contributed by atoms with van der Waals surface area (Å²) in [4.78, 5) is 28.1. The number of carbonyl (C=O) groups is 2. The summed E-state index contributed by atoms with van der Waals surface area (Å²) in [6.07, 6.45) is 1.08. The van der Waals surface area contributed by atoms with Crippen LogP contribution in [0.2, 0.25) is 0 Å². The van der Waals surface area contributed by atoms with Crippen LogP contribution in [0.3, 0.4) is 0 Å². The average molecular weight is 301 g/mol. The number of hydrogen-bond donors (Lipinski definition) is 0. The van der Waals surface area contributed by atoms with Crippen LogP contribution in [0.15, 0.2) is 35.1 Å². The van der Waals surface area contributed by atoms with Crippen molar-refractivity contribution in [3.05, 3.63) is 42.0 Å². The van der Waals surface area contributed by atoms with E-state index in [1.54, 1.807) is 45.9 Å². The summed E-state index contributed by atoms with van der Waals surface area (Å²) in [5.74, 6) is -0.130. The third kappa shape index (κ3) is 4.04. The standard InChI is InChI=1S/C17H19NO4/c1-11-16(18-10-21-11)13-7-5-6-12(8-13)14(19)9-15(20)22-17(2,3)4/h5-8,10H,9H2,1-4H3. The topological polar surface area (TPSA) is 69.4 Å². The highest BCUT2D eigenvalue weighted by Gasteiger charge is 2.20. The van der Waals surface area contributed by atoms with Crippen LogP contribution in [0.1, 0.15) is 43.3 Å². The summed E-state index contributed by atoms with van der Waals surface area (Å²) in [6, 6.07) is 6.98. The fourth-order valence-electron chi connectivity index (χ4n) is 2.03. The van der Waals surface area contributed by atoms with Crippen molar-refractivity contribution in [1.29, 1.82) is 0 Å². The Kier molecular flexibility index (Phi) is 4.45. The van der Waals surface area contributed by atoms with Gasteiger partial charge >= 0.3 is 5.97 Å². The molecule has 0 aliphatic rings. The lowest BCUT2D eigenvalue weighted by molar-refractivity contribution is -0.153. The largest absolute Gasteiger partial charge is 0.460 e. The molecule has 0 saturated heterocycles. The average Bonchev–Trinajstić information content (AvgIpc) is 2.83. The number of rotatable bonds is 4. The van der Waals surface area contributed by atoms with Gasteiger partial charge < -0.3 is 9.15 Å². The monoisotopic (exact) mass is 301 g/mol. The number of oxazole rings is 1. The minimum atomic E-state index is -0.600. The van der Waals surface area contributed by atoms with Crippen LogP contribution < -0.4 is 0 Å². The zero-order valence-corrected chi connectivity index (χ0v) is 13.2. The molecule has 0 aliphatic carbocycles. The number of aromatic nitrogens is 1. The van der Waals surface area contributed by atoms with E-state index < -0.39 is 11.6 Å². The molecular weight excluding hydrogens is 282 g/mol. The van der Waals surface area contributed by atoms with Crippen LogP contribution >= 0.6 is 0 Å². The Balaban J connectivity index is 2.15. The zero-order valence-electron chi connectivity index (χ0n) is 13.2. The summed E-state index contributed by atoms with van der Waals surface area (Å²) in [5.41, 5.74) is 1.32. The predicted octanol–water partition coefficient (Wildman–Crippen LogP) is 3.56. The Morgan fingerprint density at radius 2 is 2.00 bits per heavy atom. The van der Waals surface area contributed by atoms with E-state index in [0.29, 0.717) is 17.0 Å². The van der Waals surface area contributed by atoms with Crippen molar-refractivity contribution in [3.8, 4) is 11.3 Å². The van der Waals surface area contributed by atoms with Gasteiger partial charge in [-0.25, -0.2) is 4.98 Å². The number of ketones is 1. The molecule has 1 aromatic heterocycles. The first-order chi connectivity index (χ1) is 10.3. The first-order valence-corrected chi connectivity index (χ1v) is 7.02. The van der Waals surface area contributed by atoms with E-state index in [0.717, 1.165) is 5.56 Å². The summed E-state index contributed by atoms with van der Waals surface area (Å²) >= 11 is 0. The first-order valence-electron chi connectivity index (χ1n) is 7.02. The molecule has 0 amide bonds. The predicted molar refractivity (Wildman–Crippen MR) is 81.5 cm³/mol. The molecule has 1 heterocycles. The van der Waals surface area contributed by atoms with Crippen molar-refractivity contribution in [2.75, 3.05) is 0 Å². The summed E-state index contributed by atoms with van der Waals surface area (Å²) in [5, 5.41) is 0. The van der Waals surface area contributed by atoms with Crippen molar-refractivity contribution in [3.63, 3.8) is 0 Å². The minimum absolute atomic E-state index is 0.279. The van der Waals surface area contributed by atoms with Gasteiger partial charge in [-0.3, -0.25) is 9.59 Å². The van der Waals surface area contributed by atoms with Gasteiger partial charge in [0.05, 0.1) is 0 Å². The third-order valence-electron chi connectivity index (χ3n) is 2.93. The van der Waals surface area contributed by atoms with E-state index >= 15 is 0 Å². The van der Waals surface area contributed by atoms with Gasteiger partial charge in [0.25, 0.3) is 0 Å². The smallest absolute Gasteiger partial charge is 0.314 e. The molecule has 0 radical (unpaired) electrons. The molecule has 0 saturated carbocycles. The molecule has 2 aromatic rings. The molecule has 0 atom stereocenters. The van der Waals surface area contributed by atoms with E-state index in [2.05, 4.69) is 4.98 Å². The van der Waals surface area contributed by atoms with Crippen molar-refractivity contribution < 1.29 is 18.7 Å². The number of hydrogen-bond acceptors (Lipinski definition) is 5. The van der Waals surface area contributed by atoms with Crippen LogP contribution in [0.4, 0.5) is 0 Å². The fraction of sp³-hybridized carbons (Fsp3) is 0.353. The van der Waals surface area contributed by atoms with Gasteiger partial charge in [0.2, 0.25) is 0 Å². The molecule has 0 unspecified atom stereocenters. The second-order valence-electron chi connectivity index (χ2n) is 6.02. The second-order valence-corrected chi connectivity index (χ2v) is 6.02. The van der Waals surface area contributed by atoms with Crippen molar-refractivity contribution >= 4 is 11.8 Å². The van der Waals surface area contributed by atoms with Gasteiger partial charge in [-0.1, -0.05) is 18.2 Å². The van der Waals surface area contributed by atoms with E-state index in [-0.39, 0.29) is 12.2 Å². The molecule has 0 bridgehead atoms. The van der Waals surface area contributed by atoms with Crippen LogP contribution in [0.5, 0.6) is 0 Å². The Labute approximate surface area is 129 Å². The summed E-state index contributed by atoms with van der Waals surface area (Å²) in [7, 11) is 0. The Morgan fingerprint density at radius 1 is 1.27 bits per heavy atom. The lowest BCUT2D eigenvalue weighted by Gasteiger charge is -2.19. The van der Waals surface area contributed by atoms with Gasteiger partial charge in [-0.2, -0.15) is 0 Å². The molecule has 1 aromatic carbocycles. The fourth-order valence-corrected chi connectivity index (χ4v) is 2.03. The number of nitrogens with zero attached hydrogens (tertiary/aromatic N) is 1. The van der Waals surface area contributed by atoms with Crippen molar-refractivity contribution in [2.45, 2.75) is 39.7 Å². The molecule has 116 valence electrons. The highest BCUT2D eigenvalue weighted by molar-refractivity contribution is 6.06. The molecule has 0 N–H and O–H groups in total. The first kappa shape index (κ1) is 15.9. The molecule has 2 rings (SSSR count). The molecule has 5 heteroatoms. The van der Waals surface area contributed by atoms with Gasteiger partial charge in [-0.05, 0) is 33.8 Å². The van der Waals surface area contributed by atoms with E-state index in [4.69, 9.17) is 9.15 Å². The van der Waals surface area contributed by atoms with Crippen LogP contribution in [-0.2, 0) is 9.53 Å². The highest BCUT2D eigenvalue weighted by atomic mass is 16.6. The second kappa shape index (κ2) is 6.13. The van der Waals surface area contributed by atoms with E-state index in [9.17, 15) is 9.59 Å². The van der Waals surface area contributed by atoms with Gasteiger partial charge in [0, 0.05) is 11.1 Å². The number of benzene rings is 1. The molecule has 5 nitrogen and oxygen atoms in total. The number of aryl methyl sites for hydroxylation is 1. The lowest BCUT2D eigenvalue weighted by atomic mass is 10.0. The minimum Gasteiger partial charge on any atom is -0.460 e. The number of carbonyl (C=O) groups excluding carboxylic acids is 2. The number of esters is 1. The molecule has 0 aliphatic heterocycles. The van der Waals surface area contributed by atoms with E-state index in [1.165, 1.54) is 6.39 Å². The maximum Gasteiger partial charge on any atom is 0.314 e. The van der Waals surface area contributed by atoms with Crippen LogP contribution in [0.25, 0.3) is 11.3 Å². The quantitative estimate of drug-likeness (QED) is 0.490. The Hall–Kier alpha value is -2.43. The number of ether oxygens (including phenoxy) is 1. The van der Waals surface area contributed by atoms with Crippen LogP contribution in [0, 0.1) is 6.92 Å². The third-order valence-corrected chi connectivity index (χ3v) is 2.93. The van der Waals surface area contributed by atoms with E-state index in [1.807, 2.05) is 6.07 Å². The summed E-state index contributed by atoms with van der Waals surface area (Å²) < 4.78 is 10.3. The Bertz CT molecular complexity index is 695. The molecule has 0 spiro atoms. The number of Topliss-reactive ketones (excluding diaryl/α,β-unsaturated/α-hetero) is 1. The maximum absolute atomic E-state index is 12.2.